The first kappa shape index (κ1) is 22.6. The quantitative estimate of drug-likeness (QED) is 0.446. The van der Waals surface area contributed by atoms with Gasteiger partial charge in [-0.05, 0) is 44.6 Å². The smallest absolute Gasteiger partial charge is 0.160 e. The van der Waals surface area contributed by atoms with E-state index in [-0.39, 0.29) is 0 Å². The lowest BCUT2D eigenvalue weighted by Gasteiger charge is -2.23. The third-order valence-corrected chi connectivity index (χ3v) is 6.68. The SMILES string of the molecule is CCn1ncc2c3c(NCc4ccc(OC)c(Cl)c4)nnc(N4CCCN(C)CC4)c3cnc21. The fraction of sp³-hybridized carbons (Fsp3) is 0.417. The Bertz CT molecular complexity index is 1320. The molecule has 4 heterocycles. The van der Waals surface area contributed by atoms with Crippen LogP contribution in [-0.2, 0) is 13.1 Å². The zero-order valence-corrected chi connectivity index (χ0v) is 20.5. The number of halogens is 1. The van der Waals surface area contributed by atoms with Gasteiger partial charge in [0.2, 0.25) is 0 Å². The van der Waals surface area contributed by atoms with Crippen LogP contribution >= 0.6 is 11.6 Å². The Morgan fingerprint density at radius 2 is 1.97 bits per heavy atom. The molecule has 0 amide bonds. The van der Waals surface area contributed by atoms with Crippen LogP contribution in [0.3, 0.4) is 0 Å². The van der Waals surface area contributed by atoms with E-state index in [4.69, 9.17) is 21.3 Å². The van der Waals surface area contributed by atoms with E-state index >= 15 is 0 Å². The number of rotatable bonds is 6. The molecule has 1 aliphatic rings. The number of hydrogen-bond acceptors (Lipinski definition) is 8. The zero-order chi connectivity index (χ0) is 23.7. The van der Waals surface area contributed by atoms with E-state index in [9.17, 15) is 0 Å². The van der Waals surface area contributed by atoms with Crippen molar-refractivity contribution in [2.24, 2.45) is 0 Å². The van der Waals surface area contributed by atoms with Crippen LogP contribution in [0.4, 0.5) is 11.6 Å². The van der Waals surface area contributed by atoms with Crippen molar-refractivity contribution >= 4 is 45.0 Å². The minimum absolute atomic E-state index is 0.549. The molecule has 1 fully saturated rings. The molecule has 178 valence electrons. The second-order valence-corrected chi connectivity index (χ2v) is 8.99. The lowest BCUT2D eigenvalue weighted by atomic mass is 10.1. The minimum atomic E-state index is 0.549. The van der Waals surface area contributed by atoms with Crippen molar-refractivity contribution in [1.29, 1.82) is 0 Å². The standard InChI is InChI=1S/C24H29ClN8O/c1-4-33-23-18(15-28-33)21-17(14-27-23)24(32-9-5-8-31(2)10-11-32)30-29-22(21)26-13-16-6-7-20(34-3)19(25)12-16/h6-7,12,14-15H,4-5,8-11,13H2,1-3H3,(H,26,29). The largest absolute Gasteiger partial charge is 0.495 e. The van der Waals surface area contributed by atoms with Gasteiger partial charge in [0.05, 0.1) is 23.7 Å². The third kappa shape index (κ3) is 4.21. The van der Waals surface area contributed by atoms with Crippen molar-refractivity contribution in [2.75, 3.05) is 50.6 Å². The lowest BCUT2D eigenvalue weighted by molar-refractivity contribution is 0.360. The summed E-state index contributed by atoms with van der Waals surface area (Å²) < 4.78 is 7.17. The fourth-order valence-corrected chi connectivity index (χ4v) is 4.79. The summed E-state index contributed by atoms with van der Waals surface area (Å²) in [6, 6.07) is 5.76. The molecule has 1 aromatic carbocycles. The Kier molecular flexibility index (Phi) is 6.38. The van der Waals surface area contributed by atoms with Gasteiger partial charge in [-0.1, -0.05) is 17.7 Å². The zero-order valence-electron chi connectivity index (χ0n) is 19.8. The Labute approximate surface area is 203 Å². The van der Waals surface area contributed by atoms with E-state index < -0.39 is 0 Å². The normalized spacial score (nSPS) is 15.1. The van der Waals surface area contributed by atoms with Gasteiger partial charge in [-0.2, -0.15) is 5.10 Å². The Balaban J connectivity index is 1.57. The molecule has 0 bridgehead atoms. The highest BCUT2D eigenvalue weighted by Crippen LogP contribution is 2.34. The van der Waals surface area contributed by atoms with Crippen molar-refractivity contribution in [1.82, 2.24) is 29.9 Å². The summed E-state index contributed by atoms with van der Waals surface area (Å²) >= 11 is 6.32. The van der Waals surface area contributed by atoms with Crippen LogP contribution in [0, 0.1) is 0 Å². The molecule has 4 aromatic rings. The molecular weight excluding hydrogens is 452 g/mol. The van der Waals surface area contributed by atoms with Gasteiger partial charge in [0.1, 0.15) is 5.75 Å². The van der Waals surface area contributed by atoms with Crippen LogP contribution < -0.4 is 15.0 Å². The van der Waals surface area contributed by atoms with Crippen LogP contribution in [0.25, 0.3) is 21.8 Å². The predicted octanol–water partition coefficient (Wildman–Crippen LogP) is 3.81. The number of hydrogen-bond donors (Lipinski definition) is 1. The number of methoxy groups -OCH3 is 1. The average molecular weight is 481 g/mol. The molecular formula is C24H29ClN8O. The first-order valence-electron chi connectivity index (χ1n) is 11.6. The highest BCUT2D eigenvalue weighted by molar-refractivity contribution is 6.32. The molecule has 10 heteroatoms. The van der Waals surface area contributed by atoms with Gasteiger partial charge in [0, 0.05) is 49.7 Å². The minimum Gasteiger partial charge on any atom is -0.495 e. The van der Waals surface area contributed by atoms with Gasteiger partial charge in [-0.3, -0.25) is 0 Å². The summed E-state index contributed by atoms with van der Waals surface area (Å²) in [5, 5.41) is 20.9. The topological polar surface area (TPSA) is 84.2 Å². The van der Waals surface area contributed by atoms with Gasteiger partial charge in [-0.15, -0.1) is 10.2 Å². The lowest BCUT2D eigenvalue weighted by Crippen LogP contribution is -2.29. The van der Waals surface area contributed by atoms with Gasteiger partial charge in [-0.25, -0.2) is 9.67 Å². The molecule has 0 radical (unpaired) electrons. The molecule has 0 aliphatic carbocycles. The summed E-state index contributed by atoms with van der Waals surface area (Å²) in [4.78, 5) is 9.44. The number of anilines is 2. The summed E-state index contributed by atoms with van der Waals surface area (Å²) in [5.74, 6) is 2.24. The molecule has 0 saturated carbocycles. The van der Waals surface area contributed by atoms with Gasteiger partial charge < -0.3 is 19.9 Å². The summed E-state index contributed by atoms with van der Waals surface area (Å²) in [6.45, 7) is 7.28. The number of likely N-dealkylation sites (N-methyl/N-ethyl adjacent to an activating group) is 1. The van der Waals surface area contributed by atoms with Crippen molar-refractivity contribution in [3.8, 4) is 5.75 Å². The van der Waals surface area contributed by atoms with Gasteiger partial charge in [0.25, 0.3) is 0 Å². The molecule has 1 aliphatic heterocycles. The number of nitrogens with zero attached hydrogens (tertiary/aromatic N) is 7. The van der Waals surface area contributed by atoms with E-state index in [1.807, 2.05) is 35.3 Å². The molecule has 0 atom stereocenters. The first-order valence-corrected chi connectivity index (χ1v) is 12.0. The van der Waals surface area contributed by atoms with E-state index in [0.29, 0.717) is 23.1 Å². The molecule has 0 unspecified atom stereocenters. The van der Waals surface area contributed by atoms with Crippen molar-refractivity contribution in [3.05, 3.63) is 41.2 Å². The van der Waals surface area contributed by atoms with E-state index in [1.54, 1.807) is 7.11 Å². The van der Waals surface area contributed by atoms with Crippen LogP contribution in [0.5, 0.6) is 5.75 Å². The van der Waals surface area contributed by atoms with E-state index in [0.717, 1.165) is 72.3 Å². The number of nitrogens with one attached hydrogen (secondary N) is 1. The molecule has 9 nitrogen and oxygen atoms in total. The maximum atomic E-state index is 6.32. The van der Waals surface area contributed by atoms with E-state index in [2.05, 4.69) is 44.4 Å². The maximum Gasteiger partial charge on any atom is 0.160 e. The van der Waals surface area contributed by atoms with Gasteiger partial charge in [0.15, 0.2) is 17.3 Å². The Hall–Kier alpha value is -3.17. The Morgan fingerprint density at radius 1 is 1.09 bits per heavy atom. The first-order chi connectivity index (χ1) is 16.6. The number of aryl methyl sites for hydroxylation is 1. The molecule has 0 spiro atoms. The van der Waals surface area contributed by atoms with E-state index in [1.165, 1.54) is 0 Å². The molecule has 1 saturated heterocycles. The monoisotopic (exact) mass is 480 g/mol. The van der Waals surface area contributed by atoms with Crippen LogP contribution in [0.2, 0.25) is 5.02 Å². The second-order valence-electron chi connectivity index (χ2n) is 8.58. The second kappa shape index (κ2) is 9.60. The number of aromatic nitrogens is 5. The summed E-state index contributed by atoms with van der Waals surface area (Å²) in [5.41, 5.74) is 1.87. The van der Waals surface area contributed by atoms with Crippen LogP contribution in [0.15, 0.2) is 30.6 Å². The van der Waals surface area contributed by atoms with Gasteiger partial charge >= 0.3 is 0 Å². The number of fused-ring (bicyclic) bond motifs is 3. The summed E-state index contributed by atoms with van der Waals surface area (Å²) in [7, 11) is 3.77. The number of pyridine rings is 1. The van der Waals surface area contributed by atoms with Crippen molar-refractivity contribution in [3.63, 3.8) is 0 Å². The highest BCUT2D eigenvalue weighted by Gasteiger charge is 2.21. The molecule has 34 heavy (non-hydrogen) atoms. The van der Waals surface area contributed by atoms with Crippen LogP contribution in [0.1, 0.15) is 18.9 Å². The van der Waals surface area contributed by atoms with Crippen LogP contribution in [-0.4, -0.2) is 70.2 Å². The van der Waals surface area contributed by atoms with Crippen molar-refractivity contribution < 1.29 is 4.74 Å². The fourth-order valence-electron chi connectivity index (χ4n) is 4.51. The highest BCUT2D eigenvalue weighted by atomic mass is 35.5. The number of ether oxygens (including phenoxy) is 1. The Morgan fingerprint density at radius 3 is 2.76 bits per heavy atom. The molecule has 1 N–H and O–H groups in total. The molecule has 3 aromatic heterocycles. The third-order valence-electron chi connectivity index (χ3n) is 6.38. The average Bonchev–Trinajstić information content (AvgIpc) is 3.16. The maximum absolute atomic E-state index is 6.32. The van der Waals surface area contributed by atoms with Crippen molar-refractivity contribution in [2.45, 2.75) is 26.4 Å². The number of benzene rings is 1. The predicted molar refractivity (Wildman–Crippen MR) is 136 cm³/mol. The molecule has 5 rings (SSSR count). The summed E-state index contributed by atoms with van der Waals surface area (Å²) in [6.07, 6.45) is 4.88.